The van der Waals surface area contributed by atoms with Crippen molar-refractivity contribution in [2.24, 2.45) is 0 Å². The smallest absolute Gasteiger partial charge is 0.164 e. The zero-order valence-corrected chi connectivity index (χ0v) is 16.4. The lowest BCUT2D eigenvalue weighted by Crippen LogP contribution is -2.44. The minimum atomic E-state index is -0.611. The summed E-state index contributed by atoms with van der Waals surface area (Å²) in [6.07, 6.45) is 3.28. The number of ether oxygens (including phenoxy) is 1. The van der Waals surface area contributed by atoms with Crippen molar-refractivity contribution in [3.63, 3.8) is 0 Å². The Hall–Kier alpha value is -2.26. The molecule has 1 aliphatic heterocycles. The second-order valence-electron chi connectivity index (χ2n) is 6.26. The highest BCUT2D eigenvalue weighted by molar-refractivity contribution is 7.83. The van der Waals surface area contributed by atoms with Gasteiger partial charge in [-0.2, -0.15) is 0 Å². The quantitative estimate of drug-likeness (QED) is 0.800. The summed E-state index contributed by atoms with van der Waals surface area (Å²) in [6, 6.07) is 5.70. The number of pyridine rings is 1. The third kappa shape index (κ3) is 5.63. The molecule has 0 aliphatic carbocycles. The molecule has 3 rings (SSSR count). The maximum absolute atomic E-state index is 9.56. The Morgan fingerprint density at radius 1 is 1.15 bits per heavy atom. The largest absolute Gasteiger partial charge is 0.384 e. The van der Waals surface area contributed by atoms with E-state index in [1.54, 1.807) is 24.6 Å². The normalized spacial score (nSPS) is 17.0. The molecule has 4 N–H and O–H groups in total. The number of nitrogens with zero attached hydrogens (tertiary/aromatic N) is 4. The van der Waals surface area contributed by atoms with Gasteiger partial charge < -0.3 is 21.1 Å². The molecule has 0 spiro atoms. The van der Waals surface area contributed by atoms with Gasteiger partial charge in [0.05, 0.1) is 19.3 Å². The molecule has 8 nitrogen and oxygen atoms in total. The fourth-order valence-corrected chi connectivity index (χ4v) is 2.62. The highest BCUT2D eigenvalue weighted by Crippen LogP contribution is 2.25. The number of rotatable bonds is 2. The first kappa shape index (κ1) is 20.1. The number of aromatic nitrogens is 3. The molecule has 1 atom stereocenters. The van der Waals surface area contributed by atoms with Crippen LogP contribution in [-0.2, 0) is 15.5 Å². The minimum Gasteiger partial charge on any atom is -0.384 e. The molecule has 2 aromatic rings. The fraction of sp³-hybridized carbons (Fsp3) is 0.471. The van der Waals surface area contributed by atoms with Crippen molar-refractivity contribution in [1.82, 2.24) is 15.0 Å². The van der Waals surface area contributed by atoms with Crippen LogP contribution in [0.25, 0.3) is 11.4 Å². The van der Waals surface area contributed by atoms with Gasteiger partial charge in [0.2, 0.25) is 0 Å². The number of aryl methyl sites for hydroxylation is 1. The average molecular weight is 379 g/mol. The van der Waals surface area contributed by atoms with Gasteiger partial charge in [-0.05, 0) is 26.0 Å². The second-order valence-corrected chi connectivity index (χ2v) is 7.74. The maximum atomic E-state index is 9.56. The van der Waals surface area contributed by atoms with Crippen LogP contribution >= 0.6 is 0 Å². The Labute approximate surface area is 156 Å². The van der Waals surface area contributed by atoms with Crippen LogP contribution in [0.15, 0.2) is 18.2 Å². The van der Waals surface area contributed by atoms with Crippen LogP contribution in [0.3, 0.4) is 0 Å². The Kier molecular flexibility index (Phi) is 6.87. The predicted octanol–water partition coefficient (Wildman–Crippen LogP) is 1.23. The van der Waals surface area contributed by atoms with E-state index in [1.807, 2.05) is 13.0 Å². The number of nitrogen functional groups attached to an aromatic ring is 2. The Morgan fingerprint density at radius 3 is 2.42 bits per heavy atom. The molecular formula is C17H26N6O2S. The zero-order valence-electron chi connectivity index (χ0n) is 15.6. The Bertz CT molecular complexity index is 762. The molecule has 142 valence electrons. The van der Waals surface area contributed by atoms with Gasteiger partial charge in [-0.1, -0.05) is 0 Å². The van der Waals surface area contributed by atoms with Crippen molar-refractivity contribution in [1.29, 1.82) is 0 Å². The summed E-state index contributed by atoms with van der Waals surface area (Å²) in [6.45, 7) is 6.14. The van der Waals surface area contributed by atoms with Crippen LogP contribution in [0, 0.1) is 6.92 Å². The number of anilines is 3. The topological polar surface area (TPSA) is 120 Å². The summed E-state index contributed by atoms with van der Waals surface area (Å²) in [4.78, 5) is 15.3. The second kappa shape index (κ2) is 8.91. The van der Waals surface area contributed by atoms with Gasteiger partial charge in [-0.15, -0.1) is 0 Å². The zero-order chi connectivity index (χ0) is 19.3. The van der Waals surface area contributed by atoms with Crippen molar-refractivity contribution >= 4 is 28.3 Å². The average Bonchev–Trinajstić information content (AvgIpc) is 2.53. The van der Waals surface area contributed by atoms with E-state index in [-0.39, 0.29) is 6.04 Å². The molecule has 0 saturated carbocycles. The fourth-order valence-electron chi connectivity index (χ4n) is 2.62. The molecule has 0 aromatic carbocycles. The van der Waals surface area contributed by atoms with E-state index in [0.29, 0.717) is 30.7 Å². The number of morpholine rings is 1. The number of nitrogens with two attached hydrogens (primary N) is 2. The summed E-state index contributed by atoms with van der Waals surface area (Å²) < 4.78 is 15.0. The van der Waals surface area contributed by atoms with E-state index in [0.717, 1.165) is 23.6 Å². The lowest BCUT2D eigenvalue weighted by molar-refractivity contribution is 0.0985. The molecule has 0 radical (unpaired) electrons. The lowest BCUT2D eigenvalue weighted by atomic mass is 10.2. The third-order valence-corrected chi connectivity index (χ3v) is 3.63. The Morgan fingerprint density at radius 2 is 1.81 bits per heavy atom. The standard InChI is InChI=1S/C15H20N6O.C2H6OS/c1-9-5-11(6-12(16)18-9)15-19-13(17)7-14(20-15)21-3-4-22-8-10(21)2;1-4(2)3/h5-7,10H,3-4,8H2,1-2H3,(H2,16,18)(H2,17,19,20);1-2H3. The number of hydrogen-bond donors (Lipinski definition) is 2. The van der Waals surface area contributed by atoms with E-state index in [1.165, 1.54) is 0 Å². The first-order valence-corrected chi connectivity index (χ1v) is 10.2. The van der Waals surface area contributed by atoms with Crippen LogP contribution in [0.2, 0.25) is 0 Å². The number of hydrogen-bond acceptors (Lipinski definition) is 8. The summed E-state index contributed by atoms with van der Waals surface area (Å²) in [7, 11) is -0.611. The van der Waals surface area contributed by atoms with E-state index in [9.17, 15) is 4.21 Å². The highest BCUT2D eigenvalue weighted by Gasteiger charge is 2.21. The van der Waals surface area contributed by atoms with Crippen LogP contribution in [0.4, 0.5) is 17.5 Å². The molecule has 0 amide bonds. The SMILES string of the molecule is CS(C)=O.Cc1cc(-c2nc(N)cc(N3CCOCC3C)n2)cc(N)n1. The van der Waals surface area contributed by atoms with E-state index < -0.39 is 10.8 Å². The van der Waals surface area contributed by atoms with E-state index in [4.69, 9.17) is 16.2 Å². The molecule has 26 heavy (non-hydrogen) atoms. The van der Waals surface area contributed by atoms with Gasteiger partial charge in [0.1, 0.15) is 17.5 Å². The molecule has 3 heterocycles. The van der Waals surface area contributed by atoms with Gasteiger partial charge >= 0.3 is 0 Å². The molecule has 9 heteroatoms. The Balaban J connectivity index is 0.000000552. The van der Waals surface area contributed by atoms with Gasteiger partial charge in [-0.3, -0.25) is 4.21 Å². The summed E-state index contributed by atoms with van der Waals surface area (Å²) >= 11 is 0. The summed E-state index contributed by atoms with van der Waals surface area (Å²) in [5.41, 5.74) is 13.4. The van der Waals surface area contributed by atoms with Crippen LogP contribution < -0.4 is 16.4 Å². The first-order valence-electron chi connectivity index (χ1n) is 8.25. The molecule has 1 unspecified atom stereocenters. The van der Waals surface area contributed by atoms with Gasteiger partial charge in [0, 0.05) is 47.2 Å². The van der Waals surface area contributed by atoms with Gasteiger partial charge in [0.25, 0.3) is 0 Å². The highest BCUT2D eigenvalue weighted by atomic mass is 32.2. The lowest BCUT2D eigenvalue weighted by Gasteiger charge is -2.34. The van der Waals surface area contributed by atoms with Crippen molar-refractivity contribution in [3.05, 3.63) is 23.9 Å². The van der Waals surface area contributed by atoms with E-state index >= 15 is 0 Å². The first-order chi connectivity index (χ1) is 12.3. The summed E-state index contributed by atoms with van der Waals surface area (Å²) in [5, 5.41) is 0. The molecule has 1 aliphatic rings. The van der Waals surface area contributed by atoms with Crippen molar-refractivity contribution < 1.29 is 8.95 Å². The molecule has 2 aromatic heterocycles. The molecular weight excluding hydrogens is 352 g/mol. The van der Waals surface area contributed by atoms with Gasteiger partial charge in [0.15, 0.2) is 5.82 Å². The molecule has 0 bridgehead atoms. The van der Waals surface area contributed by atoms with Crippen LogP contribution in [0.5, 0.6) is 0 Å². The van der Waals surface area contributed by atoms with E-state index in [2.05, 4.69) is 26.8 Å². The van der Waals surface area contributed by atoms with Gasteiger partial charge in [-0.25, -0.2) is 15.0 Å². The van der Waals surface area contributed by atoms with Crippen molar-refractivity contribution in [2.45, 2.75) is 19.9 Å². The van der Waals surface area contributed by atoms with Crippen LogP contribution in [-0.4, -0.2) is 57.5 Å². The van der Waals surface area contributed by atoms with Crippen molar-refractivity contribution in [3.8, 4) is 11.4 Å². The monoisotopic (exact) mass is 378 g/mol. The maximum Gasteiger partial charge on any atom is 0.164 e. The van der Waals surface area contributed by atoms with Crippen molar-refractivity contribution in [2.75, 3.05) is 48.6 Å². The predicted molar refractivity (Wildman–Crippen MR) is 106 cm³/mol. The molecule has 1 fully saturated rings. The third-order valence-electron chi connectivity index (χ3n) is 3.63. The minimum absolute atomic E-state index is 0.250. The molecule has 1 saturated heterocycles. The summed E-state index contributed by atoms with van der Waals surface area (Å²) in [5.74, 6) is 2.26. The van der Waals surface area contributed by atoms with Crippen LogP contribution in [0.1, 0.15) is 12.6 Å².